The van der Waals surface area contributed by atoms with Crippen LogP contribution in [0.25, 0.3) is 0 Å². The first-order chi connectivity index (χ1) is 12.0. The molecule has 5 heterocycles. The number of anilines is 1. The van der Waals surface area contributed by atoms with Gasteiger partial charge in [-0.25, -0.2) is 9.67 Å². The molecule has 3 aliphatic heterocycles. The summed E-state index contributed by atoms with van der Waals surface area (Å²) in [7, 11) is 1.61. The van der Waals surface area contributed by atoms with Gasteiger partial charge in [0.1, 0.15) is 10.8 Å². The number of aryl methyl sites for hydroxylation is 1. The van der Waals surface area contributed by atoms with E-state index < -0.39 is 0 Å². The molecule has 2 aromatic heterocycles. The van der Waals surface area contributed by atoms with Gasteiger partial charge in [0.2, 0.25) is 0 Å². The molecule has 0 aromatic carbocycles. The van der Waals surface area contributed by atoms with Gasteiger partial charge in [0.25, 0.3) is 5.56 Å². The van der Waals surface area contributed by atoms with Crippen LogP contribution in [0.15, 0.2) is 21.8 Å². The predicted molar refractivity (Wildman–Crippen MR) is 95.0 cm³/mol. The van der Waals surface area contributed by atoms with E-state index in [1.807, 2.05) is 0 Å². The fourth-order valence-electron chi connectivity index (χ4n) is 3.90. The van der Waals surface area contributed by atoms with Crippen LogP contribution in [-0.2, 0) is 13.6 Å². The second-order valence-corrected chi connectivity index (χ2v) is 7.59. The first kappa shape index (κ1) is 16.6. The van der Waals surface area contributed by atoms with Crippen molar-refractivity contribution in [2.75, 3.05) is 18.0 Å². The fraction of sp³-hybridized carbons (Fsp3) is 0.588. The van der Waals surface area contributed by atoms with Crippen LogP contribution in [-0.4, -0.2) is 44.8 Å². The molecule has 0 aliphatic carbocycles. The smallest absolute Gasteiger partial charge is 0.287 e. The summed E-state index contributed by atoms with van der Waals surface area (Å²) in [6.45, 7) is 6.75. The molecule has 0 radical (unpaired) electrons. The number of rotatable bonds is 4. The van der Waals surface area contributed by atoms with Crippen LogP contribution in [0, 0.1) is 0 Å². The third kappa shape index (κ3) is 2.75. The Bertz CT molecular complexity index is 834. The van der Waals surface area contributed by atoms with E-state index in [0.29, 0.717) is 18.0 Å². The Morgan fingerprint density at radius 1 is 1.36 bits per heavy atom. The maximum Gasteiger partial charge on any atom is 0.287 e. The number of hydrogen-bond donors (Lipinski definition) is 0. The summed E-state index contributed by atoms with van der Waals surface area (Å²) in [6.07, 6.45) is 4.40. The maximum absolute atomic E-state index is 12.0. The molecule has 3 saturated heterocycles. The van der Waals surface area contributed by atoms with Crippen LogP contribution >= 0.6 is 11.6 Å². The zero-order valence-electron chi connectivity index (χ0n) is 14.6. The third-order valence-electron chi connectivity index (χ3n) is 5.27. The number of nitrogens with zero attached hydrogens (tertiary/aromatic N) is 5. The summed E-state index contributed by atoms with van der Waals surface area (Å²) >= 11 is 6.25. The molecule has 25 heavy (non-hydrogen) atoms. The van der Waals surface area contributed by atoms with Gasteiger partial charge >= 0.3 is 0 Å². The lowest BCUT2D eigenvalue weighted by atomic mass is 9.86. The SMILES string of the molecule is CC(C)c1ocnc1CN1C2CC1CN(c1cnn(C)c(=O)c1Cl)C2. The zero-order chi connectivity index (χ0) is 17.7. The van der Waals surface area contributed by atoms with E-state index in [-0.39, 0.29) is 10.6 Å². The molecular formula is C17H22ClN5O2. The topological polar surface area (TPSA) is 67.4 Å². The maximum atomic E-state index is 12.0. The van der Waals surface area contributed by atoms with Crippen LogP contribution in [0.4, 0.5) is 5.69 Å². The number of halogens is 1. The molecule has 2 bridgehead atoms. The highest BCUT2D eigenvalue weighted by Gasteiger charge is 2.45. The number of hydrogen-bond acceptors (Lipinski definition) is 6. The molecule has 0 N–H and O–H groups in total. The van der Waals surface area contributed by atoms with Crippen LogP contribution in [0.2, 0.25) is 5.02 Å². The van der Waals surface area contributed by atoms with Crippen molar-refractivity contribution < 1.29 is 4.42 Å². The number of piperazine rings is 1. The molecule has 0 amide bonds. The van der Waals surface area contributed by atoms with Gasteiger partial charge in [0, 0.05) is 44.7 Å². The van der Waals surface area contributed by atoms with E-state index >= 15 is 0 Å². The predicted octanol–water partition coefficient (Wildman–Crippen LogP) is 2.01. The summed E-state index contributed by atoms with van der Waals surface area (Å²) in [6, 6.07) is 0.881. The van der Waals surface area contributed by atoms with E-state index in [0.717, 1.165) is 36.8 Å². The van der Waals surface area contributed by atoms with Gasteiger partial charge in [-0.3, -0.25) is 9.69 Å². The first-order valence-corrected chi connectivity index (χ1v) is 8.98. The van der Waals surface area contributed by atoms with Crippen LogP contribution in [0.1, 0.15) is 37.6 Å². The highest BCUT2D eigenvalue weighted by molar-refractivity contribution is 6.33. The molecular weight excluding hydrogens is 342 g/mol. The van der Waals surface area contributed by atoms with Crippen molar-refractivity contribution >= 4 is 17.3 Å². The van der Waals surface area contributed by atoms with E-state index in [2.05, 4.69) is 33.7 Å². The molecule has 5 rings (SSSR count). The summed E-state index contributed by atoms with van der Waals surface area (Å²) in [5.74, 6) is 1.31. The minimum Gasteiger partial charge on any atom is -0.448 e. The van der Waals surface area contributed by atoms with Crippen molar-refractivity contribution in [2.24, 2.45) is 7.05 Å². The van der Waals surface area contributed by atoms with E-state index in [9.17, 15) is 4.79 Å². The molecule has 3 aliphatic rings. The van der Waals surface area contributed by atoms with Gasteiger partial charge in [-0.1, -0.05) is 25.4 Å². The third-order valence-corrected chi connectivity index (χ3v) is 5.63. The van der Waals surface area contributed by atoms with E-state index in [1.54, 1.807) is 13.2 Å². The van der Waals surface area contributed by atoms with Crippen molar-refractivity contribution in [2.45, 2.75) is 44.8 Å². The van der Waals surface area contributed by atoms with Gasteiger partial charge in [-0.2, -0.15) is 5.10 Å². The monoisotopic (exact) mass is 363 g/mol. The van der Waals surface area contributed by atoms with E-state index in [4.69, 9.17) is 16.0 Å². The lowest BCUT2D eigenvalue weighted by Gasteiger charge is -2.56. The molecule has 2 aromatic rings. The van der Waals surface area contributed by atoms with Crippen LogP contribution < -0.4 is 10.5 Å². The van der Waals surface area contributed by atoms with Crippen molar-refractivity contribution in [3.63, 3.8) is 0 Å². The van der Waals surface area contributed by atoms with Gasteiger partial charge in [-0.05, 0) is 6.42 Å². The number of oxazole rings is 1. The summed E-state index contributed by atoms with van der Waals surface area (Å²) in [5, 5.41) is 4.36. The fourth-order valence-corrected chi connectivity index (χ4v) is 4.19. The standard InChI is InChI=1S/C17H22ClN5O2/c1-10(2)16-13(19-9-25-16)8-23-11-4-12(23)7-22(6-11)14-5-20-21(3)17(24)15(14)18/h5,9-12H,4,6-8H2,1-3H3. The Labute approximate surface area is 151 Å². The largest absolute Gasteiger partial charge is 0.448 e. The van der Waals surface area contributed by atoms with Gasteiger partial charge in [0.05, 0.1) is 17.6 Å². The molecule has 134 valence electrons. The molecule has 8 heteroatoms. The quantitative estimate of drug-likeness (QED) is 0.827. The van der Waals surface area contributed by atoms with E-state index in [1.165, 1.54) is 17.5 Å². The minimum absolute atomic E-state index is 0.251. The summed E-state index contributed by atoms with van der Waals surface area (Å²) in [5.41, 5.74) is 1.52. The Kier molecular flexibility index (Phi) is 4.08. The molecule has 2 unspecified atom stereocenters. The van der Waals surface area contributed by atoms with Gasteiger partial charge < -0.3 is 9.32 Å². The second kappa shape index (κ2) is 6.14. The van der Waals surface area contributed by atoms with Crippen LogP contribution in [0.5, 0.6) is 0 Å². The van der Waals surface area contributed by atoms with Gasteiger partial charge in [0.15, 0.2) is 6.39 Å². The lowest BCUT2D eigenvalue weighted by molar-refractivity contribution is -0.00980. The highest BCUT2D eigenvalue weighted by Crippen LogP contribution is 2.37. The Morgan fingerprint density at radius 3 is 2.76 bits per heavy atom. The molecule has 0 saturated carbocycles. The van der Waals surface area contributed by atoms with Crippen molar-refractivity contribution in [3.8, 4) is 0 Å². The minimum atomic E-state index is -0.251. The normalized spacial score (nSPS) is 23.2. The van der Waals surface area contributed by atoms with Crippen LogP contribution in [0.3, 0.4) is 0 Å². The number of fused-ring (bicyclic) bond motifs is 2. The molecule has 0 spiro atoms. The Morgan fingerprint density at radius 2 is 2.08 bits per heavy atom. The van der Waals surface area contributed by atoms with Gasteiger partial charge in [-0.15, -0.1) is 0 Å². The Balaban J connectivity index is 1.49. The number of piperidine rings is 1. The second-order valence-electron chi connectivity index (χ2n) is 7.21. The zero-order valence-corrected chi connectivity index (χ0v) is 15.4. The molecule has 2 atom stereocenters. The highest BCUT2D eigenvalue weighted by atomic mass is 35.5. The lowest BCUT2D eigenvalue weighted by Crippen LogP contribution is -2.68. The number of aromatic nitrogens is 3. The van der Waals surface area contributed by atoms with Crippen molar-refractivity contribution in [3.05, 3.63) is 39.4 Å². The average Bonchev–Trinajstić information content (AvgIpc) is 3.06. The summed E-state index contributed by atoms with van der Waals surface area (Å²) in [4.78, 5) is 21.1. The van der Waals surface area contributed by atoms with Crippen molar-refractivity contribution in [1.82, 2.24) is 19.7 Å². The molecule has 3 fully saturated rings. The average molecular weight is 364 g/mol. The summed E-state index contributed by atoms with van der Waals surface area (Å²) < 4.78 is 6.80. The molecule has 7 nitrogen and oxygen atoms in total. The van der Waals surface area contributed by atoms with Crippen molar-refractivity contribution in [1.29, 1.82) is 0 Å². The first-order valence-electron chi connectivity index (χ1n) is 8.60. The Hall–Kier alpha value is -1.86.